The molecule has 2 aliphatic rings. The number of ether oxygens (including phenoxy) is 1. The molecule has 0 bridgehead atoms. The number of piperazine rings is 2. The highest BCUT2D eigenvalue weighted by molar-refractivity contribution is 7.89. The van der Waals surface area contributed by atoms with E-state index in [0.29, 0.717) is 25.3 Å². The van der Waals surface area contributed by atoms with Crippen LogP contribution in [0.1, 0.15) is 22.8 Å². The van der Waals surface area contributed by atoms with Crippen LogP contribution in [0.25, 0.3) is 0 Å². The Hall–Kier alpha value is -2.95. The van der Waals surface area contributed by atoms with E-state index >= 15 is 0 Å². The first kappa shape index (κ1) is 24.2. The Morgan fingerprint density at radius 1 is 1.03 bits per heavy atom. The molecule has 0 radical (unpaired) electrons. The third kappa shape index (κ3) is 5.57. The maximum Gasteiger partial charge on any atom is 0.253 e. The zero-order valence-corrected chi connectivity index (χ0v) is 20.1. The van der Waals surface area contributed by atoms with Crippen molar-refractivity contribution in [3.05, 3.63) is 59.7 Å². The molecule has 2 aromatic rings. The van der Waals surface area contributed by atoms with Gasteiger partial charge in [-0.05, 0) is 42.8 Å². The van der Waals surface area contributed by atoms with E-state index in [1.165, 1.54) is 17.7 Å². The molecule has 2 amide bonds. The first-order chi connectivity index (χ1) is 16.4. The van der Waals surface area contributed by atoms with Gasteiger partial charge in [0.2, 0.25) is 15.9 Å². The van der Waals surface area contributed by atoms with Crippen LogP contribution in [0.3, 0.4) is 0 Å². The topological polar surface area (TPSA) is 99.3 Å². The van der Waals surface area contributed by atoms with Gasteiger partial charge in [-0.1, -0.05) is 18.2 Å². The number of nitrogens with zero attached hydrogens (tertiary/aromatic N) is 3. The van der Waals surface area contributed by atoms with E-state index in [1.54, 1.807) is 17.0 Å². The molecule has 0 spiro atoms. The Balaban J connectivity index is 1.36. The van der Waals surface area contributed by atoms with Crippen LogP contribution in [0.4, 0.5) is 0 Å². The molecule has 182 valence electrons. The highest BCUT2D eigenvalue weighted by Crippen LogP contribution is 2.20. The van der Waals surface area contributed by atoms with Gasteiger partial charge >= 0.3 is 0 Å². The molecule has 9 nitrogen and oxygen atoms in total. The normalized spacial score (nSPS) is 17.9. The summed E-state index contributed by atoms with van der Waals surface area (Å²) >= 11 is 0. The summed E-state index contributed by atoms with van der Waals surface area (Å²) in [6.07, 6.45) is 0. The molecular formula is C24H30N4O5S. The fourth-order valence-corrected chi connectivity index (χ4v) is 5.61. The second kappa shape index (κ2) is 10.5. The van der Waals surface area contributed by atoms with Gasteiger partial charge in [0.05, 0.1) is 18.0 Å². The summed E-state index contributed by atoms with van der Waals surface area (Å²) in [5, 5.41) is 2.62. The van der Waals surface area contributed by atoms with Gasteiger partial charge in [-0.15, -0.1) is 0 Å². The molecule has 4 rings (SSSR count). The van der Waals surface area contributed by atoms with Crippen molar-refractivity contribution in [1.82, 2.24) is 19.4 Å². The van der Waals surface area contributed by atoms with E-state index in [1.807, 2.05) is 19.1 Å². The minimum atomic E-state index is -3.85. The number of rotatable bonds is 7. The van der Waals surface area contributed by atoms with Crippen molar-refractivity contribution in [1.29, 1.82) is 0 Å². The van der Waals surface area contributed by atoms with Crippen molar-refractivity contribution in [3.8, 4) is 5.75 Å². The zero-order valence-electron chi connectivity index (χ0n) is 19.3. The lowest BCUT2D eigenvalue weighted by Crippen LogP contribution is -2.50. The standard InChI is InChI=1S/C24H30N4O5S/c1-2-33-21-8-6-19(7-9-21)17-26-12-14-27(15-13-26)24(30)20-4-3-5-22(16-20)34(31,32)28-11-10-25-23(29)18-28/h3-9,16H,2,10-15,17-18H2,1H3,(H,25,29). The van der Waals surface area contributed by atoms with Crippen LogP contribution in [0, 0.1) is 0 Å². The van der Waals surface area contributed by atoms with Crippen LogP contribution in [-0.2, 0) is 21.4 Å². The molecule has 2 aliphatic heterocycles. The Morgan fingerprint density at radius 2 is 1.76 bits per heavy atom. The third-order valence-corrected chi connectivity index (χ3v) is 7.86. The number of hydrogen-bond donors (Lipinski definition) is 1. The maximum atomic E-state index is 13.1. The lowest BCUT2D eigenvalue weighted by atomic mass is 10.1. The van der Waals surface area contributed by atoms with E-state index < -0.39 is 10.0 Å². The molecule has 2 aromatic carbocycles. The number of carbonyl (C=O) groups is 2. The lowest BCUT2D eigenvalue weighted by Gasteiger charge is -2.35. The Morgan fingerprint density at radius 3 is 2.44 bits per heavy atom. The van der Waals surface area contributed by atoms with Crippen molar-refractivity contribution >= 4 is 21.8 Å². The summed E-state index contributed by atoms with van der Waals surface area (Å²) < 4.78 is 32.6. The molecule has 2 saturated heterocycles. The number of carbonyl (C=O) groups excluding carboxylic acids is 2. The van der Waals surface area contributed by atoms with E-state index in [-0.39, 0.29) is 36.3 Å². The molecule has 10 heteroatoms. The second-order valence-electron chi connectivity index (χ2n) is 8.36. The summed E-state index contributed by atoms with van der Waals surface area (Å²) in [6.45, 7) is 6.28. The molecule has 34 heavy (non-hydrogen) atoms. The van der Waals surface area contributed by atoms with E-state index in [4.69, 9.17) is 4.74 Å². The van der Waals surface area contributed by atoms with Crippen LogP contribution < -0.4 is 10.1 Å². The highest BCUT2D eigenvalue weighted by Gasteiger charge is 2.30. The van der Waals surface area contributed by atoms with Gasteiger partial charge < -0.3 is 15.0 Å². The summed E-state index contributed by atoms with van der Waals surface area (Å²) in [5.41, 5.74) is 1.52. The molecule has 0 saturated carbocycles. The van der Waals surface area contributed by atoms with Crippen LogP contribution in [-0.4, -0.2) is 86.8 Å². The molecule has 0 atom stereocenters. The number of sulfonamides is 1. The first-order valence-electron chi connectivity index (χ1n) is 11.5. The monoisotopic (exact) mass is 486 g/mol. The first-order valence-corrected chi connectivity index (χ1v) is 12.9. The maximum absolute atomic E-state index is 13.1. The Kier molecular flexibility index (Phi) is 7.50. The fraction of sp³-hybridized carbons (Fsp3) is 0.417. The number of amides is 2. The van der Waals surface area contributed by atoms with Crippen LogP contribution >= 0.6 is 0 Å². The smallest absolute Gasteiger partial charge is 0.253 e. The number of hydrogen-bond acceptors (Lipinski definition) is 6. The molecule has 0 aromatic heterocycles. The van der Waals surface area contributed by atoms with Gasteiger partial charge in [0, 0.05) is 51.4 Å². The summed E-state index contributed by atoms with van der Waals surface area (Å²) in [4.78, 5) is 28.8. The van der Waals surface area contributed by atoms with E-state index in [9.17, 15) is 18.0 Å². The number of nitrogens with one attached hydrogen (secondary N) is 1. The molecule has 2 fully saturated rings. The summed E-state index contributed by atoms with van der Waals surface area (Å²) in [6, 6.07) is 14.1. The van der Waals surface area contributed by atoms with Crippen molar-refractivity contribution < 1.29 is 22.7 Å². The largest absolute Gasteiger partial charge is 0.494 e. The van der Waals surface area contributed by atoms with Gasteiger partial charge in [-0.3, -0.25) is 14.5 Å². The van der Waals surface area contributed by atoms with Gasteiger partial charge in [0.25, 0.3) is 5.91 Å². The molecular weight excluding hydrogens is 456 g/mol. The summed E-state index contributed by atoms with van der Waals surface area (Å²) in [5.74, 6) is 0.341. The quantitative estimate of drug-likeness (QED) is 0.631. The Bertz CT molecular complexity index is 1130. The van der Waals surface area contributed by atoms with Crippen molar-refractivity contribution in [3.63, 3.8) is 0 Å². The fourth-order valence-electron chi connectivity index (χ4n) is 4.17. The van der Waals surface area contributed by atoms with Gasteiger partial charge in [-0.2, -0.15) is 4.31 Å². The molecule has 1 N–H and O–H groups in total. The van der Waals surface area contributed by atoms with Crippen LogP contribution in [0.15, 0.2) is 53.4 Å². The van der Waals surface area contributed by atoms with Gasteiger partial charge in [0.1, 0.15) is 5.75 Å². The minimum Gasteiger partial charge on any atom is -0.494 e. The molecule has 2 heterocycles. The van der Waals surface area contributed by atoms with Crippen molar-refractivity contribution in [2.75, 3.05) is 52.4 Å². The zero-order chi connectivity index (χ0) is 24.1. The second-order valence-corrected chi connectivity index (χ2v) is 10.3. The third-order valence-electron chi connectivity index (χ3n) is 6.02. The molecule has 0 aliphatic carbocycles. The Labute approximate surface area is 200 Å². The van der Waals surface area contributed by atoms with Crippen LogP contribution in [0.5, 0.6) is 5.75 Å². The highest BCUT2D eigenvalue weighted by atomic mass is 32.2. The summed E-state index contributed by atoms with van der Waals surface area (Å²) in [7, 11) is -3.85. The lowest BCUT2D eigenvalue weighted by molar-refractivity contribution is -0.122. The van der Waals surface area contributed by atoms with Crippen molar-refractivity contribution in [2.24, 2.45) is 0 Å². The predicted octanol–water partition coefficient (Wildman–Crippen LogP) is 1.16. The SMILES string of the molecule is CCOc1ccc(CN2CCN(C(=O)c3cccc(S(=O)(=O)N4CCNC(=O)C4)c3)CC2)cc1. The van der Waals surface area contributed by atoms with E-state index in [0.717, 1.165) is 29.7 Å². The van der Waals surface area contributed by atoms with Crippen LogP contribution in [0.2, 0.25) is 0 Å². The average Bonchev–Trinajstić information content (AvgIpc) is 2.85. The average molecular weight is 487 g/mol. The molecule has 0 unspecified atom stereocenters. The number of benzene rings is 2. The van der Waals surface area contributed by atoms with Gasteiger partial charge in [-0.25, -0.2) is 8.42 Å². The van der Waals surface area contributed by atoms with Crippen molar-refractivity contribution in [2.45, 2.75) is 18.4 Å². The predicted molar refractivity (Wildman–Crippen MR) is 127 cm³/mol. The van der Waals surface area contributed by atoms with E-state index in [2.05, 4.69) is 22.3 Å². The minimum absolute atomic E-state index is 0.0298. The van der Waals surface area contributed by atoms with Gasteiger partial charge in [0.15, 0.2) is 0 Å².